The highest BCUT2D eigenvalue weighted by molar-refractivity contribution is 5.97. The average Bonchev–Trinajstić information content (AvgIpc) is 2.83. The Hall–Kier alpha value is -2.37. The molecule has 2 amide bonds. The summed E-state index contributed by atoms with van der Waals surface area (Å²) in [7, 11) is 0. The van der Waals surface area contributed by atoms with E-state index in [9.17, 15) is 19.5 Å². The Labute approximate surface area is 167 Å². The molecule has 6 nitrogen and oxygen atoms in total. The molecule has 2 rings (SSSR count). The molecule has 0 aliphatic heterocycles. The maximum absolute atomic E-state index is 12.7. The molecule has 0 unspecified atom stereocenters. The number of aliphatic carboxylic acids is 1. The second-order valence-electron chi connectivity index (χ2n) is 8.96. The normalized spacial score (nSPS) is 16.7. The Balaban J connectivity index is 2.13. The van der Waals surface area contributed by atoms with Gasteiger partial charge in [0.15, 0.2) is 0 Å². The van der Waals surface area contributed by atoms with Gasteiger partial charge in [-0.2, -0.15) is 0 Å². The lowest BCUT2D eigenvalue weighted by molar-refractivity contribution is -0.152. The number of aryl methyl sites for hydroxylation is 1. The topological polar surface area (TPSA) is 95.5 Å². The standard InChI is InChI=1S/C22H32N2O4/c1-15-9-10-16(23-19(26)21(2,3)4)13-17(15)24-18(25)14-22(20(27)28)11-7-5-6-8-12-22/h9-10,13H,5-8,11-12,14H2,1-4H3,(H,23,26)(H,24,25)(H,27,28). The van der Waals surface area contributed by atoms with Gasteiger partial charge in [0, 0.05) is 23.2 Å². The van der Waals surface area contributed by atoms with Gasteiger partial charge >= 0.3 is 5.97 Å². The molecule has 6 heteroatoms. The highest BCUT2D eigenvalue weighted by Gasteiger charge is 2.40. The van der Waals surface area contributed by atoms with Crippen LogP contribution in [0.25, 0.3) is 0 Å². The van der Waals surface area contributed by atoms with Crippen molar-refractivity contribution in [1.82, 2.24) is 0 Å². The molecular weight excluding hydrogens is 356 g/mol. The van der Waals surface area contributed by atoms with Crippen LogP contribution in [-0.2, 0) is 14.4 Å². The zero-order chi connectivity index (χ0) is 20.9. The minimum atomic E-state index is -0.980. The SMILES string of the molecule is Cc1ccc(NC(=O)C(C)(C)C)cc1NC(=O)CC1(C(=O)O)CCCCCC1. The number of amides is 2. The fourth-order valence-corrected chi connectivity index (χ4v) is 3.53. The number of benzene rings is 1. The molecule has 1 aromatic carbocycles. The fourth-order valence-electron chi connectivity index (χ4n) is 3.53. The van der Waals surface area contributed by atoms with Crippen molar-refractivity contribution in [2.45, 2.75) is 72.6 Å². The lowest BCUT2D eigenvalue weighted by Crippen LogP contribution is -2.35. The molecule has 1 aromatic rings. The summed E-state index contributed by atoms with van der Waals surface area (Å²) in [5.41, 5.74) is 0.537. The maximum atomic E-state index is 12.7. The van der Waals surface area contributed by atoms with Gasteiger partial charge in [-0.25, -0.2) is 0 Å². The summed E-state index contributed by atoms with van der Waals surface area (Å²) < 4.78 is 0. The molecule has 0 saturated heterocycles. The van der Waals surface area contributed by atoms with E-state index in [1.54, 1.807) is 12.1 Å². The molecule has 0 aromatic heterocycles. The Bertz CT molecular complexity index is 741. The van der Waals surface area contributed by atoms with Crippen LogP contribution in [0, 0.1) is 17.8 Å². The van der Waals surface area contributed by atoms with E-state index < -0.39 is 16.8 Å². The molecule has 0 bridgehead atoms. The first-order chi connectivity index (χ1) is 13.0. The molecule has 28 heavy (non-hydrogen) atoms. The fraction of sp³-hybridized carbons (Fsp3) is 0.591. The van der Waals surface area contributed by atoms with Crippen molar-refractivity contribution < 1.29 is 19.5 Å². The summed E-state index contributed by atoms with van der Waals surface area (Å²) >= 11 is 0. The first-order valence-corrected chi connectivity index (χ1v) is 9.99. The van der Waals surface area contributed by atoms with Gasteiger partial charge in [0.1, 0.15) is 0 Å². The second-order valence-corrected chi connectivity index (χ2v) is 8.96. The van der Waals surface area contributed by atoms with Gasteiger partial charge in [0.25, 0.3) is 0 Å². The van der Waals surface area contributed by atoms with Crippen LogP contribution in [0.15, 0.2) is 18.2 Å². The van der Waals surface area contributed by atoms with E-state index in [0.29, 0.717) is 24.2 Å². The number of anilines is 2. The summed E-state index contributed by atoms with van der Waals surface area (Å²) in [5, 5.41) is 15.5. The molecule has 1 saturated carbocycles. The predicted molar refractivity (Wildman–Crippen MR) is 110 cm³/mol. The van der Waals surface area contributed by atoms with Crippen molar-refractivity contribution in [2.75, 3.05) is 10.6 Å². The average molecular weight is 389 g/mol. The van der Waals surface area contributed by atoms with Crippen LogP contribution < -0.4 is 10.6 Å². The van der Waals surface area contributed by atoms with Gasteiger partial charge in [0.2, 0.25) is 11.8 Å². The Morgan fingerprint density at radius 2 is 1.64 bits per heavy atom. The molecule has 0 atom stereocenters. The summed E-state index contributed by atoms with van der Waals surface area (Å²) in [6.45, 7) is 7.36. The van der Waals surface area contributed by atoms with E-state index in [4.69, 9.17) is 0 Å². The van der Waals surface area contributed by atoms with Crippen molar-refractivity contribution in [2.24, 2.45) is 10.8 Å². The van der Waals surface area contributed by atoms with E-state index in [0.717, 1.165) is 31.2 Å². The zero-order valence-electron chi connectivity index (χ0n) is 17.4. The summed E-state index contributed by atoms with van der Waals surface area (Å²) in [5.74, 6) is -1.30. The van der Waals surface area contributed by atoms with E-state index in [-0.39, 0.29) is 18.2 Å². The van der Waals surface area contributed by atoms with Crippen LogP contribution in [-0.4, -0.2) is 22.9 Å². The van der Waals surface area contributed by atoms with Crippen LogP contribution in [0.4, 0.5) is 11.4 Å². The summed E-state index contributed by atoms with van der Waals surface area (Å²) in [6, 6.07) is 5.34. The van der Waals surface area contributed by atoms with Crippen molar-refractivity contribution in [3.05, 3.63) is 23.8 Å². The number of nitrogens with one attached hydrogen (secondary N) is 2. The molecule has 154 valence electrons. The second kappa shape index (κ2) is 8.76. The minimum Gasteiger partial charge on any atom is -0.481 e. The van der Waals surface area contributed by atoms with Gasteiger partial charge in [-0.15, -0.1) is 0 Å². The van der Waals surface area contributed by atoms with Gasteiger partial charge < -0.3 is 15.7 Å². The van der Waals surface area contributed by atoms with Crippen LogP contribution in [0.1, 0.15) is 71.3 Å². The van der Waals surface area contributed by atoms with Crippen LogP contribution in [0.2, 0.25) is 0 Å². The lowest BCUT2D eigenvalue weighted by Gasteiger charge is -2.27. The largest absolute Gasteiger partial charge is 0.481 e. The van der Waals surface area contributed by atoms with E-state index >= 15 is 0 Å². The minimum absolute atomic E-state index is 0.0274. The van der Waals surface area contributed by atoms with Crippen molar-refractivity contribution in [3.8, 4) is 0 Å². The maximum Gasteiger partial charge on any atom is 0.310 e. The number of carboxylic acids is 1. The van der Waals surface area contributed by atoms with Crippen molar-refractivity contribution in [3.63, 3.8) is 0 Å². The third kappa shape index (κ3) is 5.57. The summed E-state index contributed by atoms with van der Waals surface area (Å²) in [6.07, 6.45) is 4.77. The number of hydrogen-bond acceptors (Lipinski definition) is 3. The first kappa shape index (κ1) is 21.9. The number of carbonyl (C=O) groups excluding carboxylic acids is 2. The van der Waals surface area contributed by atoms with Crippen LogP contribution in [0.3, 0.4) is 0 Å². The molecular formula is C22H32N2O4. The van der Waals surface area contributed by atoms with Gasteiger partial charge in [-0.3, -0.25) is 14.4 Å². The predicted octanol–water partition coefficient (Wildman–Crippen LogP) is 4.73. The van der Waals surface area contributed by atoms with Gasteiger partial charge in [-0.05, 0) is 37.5 Å². The number of rotatable bonds is 5. The van der Waals surface area contributed by atoms with Crippen LogP contribution >= 0.6 is 0 Å². The molecule has 0 radical (unpaired) electrons. The quantitative estimate of drug-likeness (QED) is 0.635. The molecule has 3 N–H and O–H groups in total. The smallest absolute Gasteiger partial charge is 0.310 e. The highest BCUT2D eigenvalue weighted by Crippen LogP contribution is 2.39. The summed E-state index contributed by atoms with van der Waals surface area (Å²) in [4.78, 5) is 36.8. The van der Waals surface area contributed by atoms with E-state index in [1.807, 2.05) is 33.8 Å². The third-order valence-electron chi connectivity index (χ3n) is 5.46. The van der Waals surface area contributed by atoms with Crippen molar-refractivity contribution in [1.29, 1.82) is 0 Å². The zero-order valence-corrected chi connectivity index (χ0v) is 17.4. The van der Waals surface area contributed by atoms with Crippen molar-refractivity contribution >= 4 is 29.2 Å². The molecule has 1 aliphatic rings. The number of carboxylic acid groups (broad SMARTS) is 1. The molecule has 0 heterocycles. The molecule has 1 aliphatic carbocycles. The van der Waals surface area contributed by atoms with E-state index in [2.05, 4.69) is 10.6 Å². The highest BCUT2D eigenvalue weighted by atomic mass is 16.4. The monoisotopic (exact) mass is 388 g/mol. The Morgan fingerprint density at radius 3 is 2.18 bits per heavy atom. The Kier molecular flexibility index (Phi) is 6.86. The van der Waals surface area contributed by atoms with E-state index in [1.165, 1.54) is 0 Å². The molecule has 0 spiro atoms. The molecule has 1 fully saturated rings. The van der Waals surface area contributed by atoms with Gasteiger partial charge in [0.05, 0.1) is 5.41 Å². The van der Waals surface area contributed by atoms with Gasteiger partial charge in [-0.1, -0.05) is 52.5 Å². The number of hydrogen-bond donors (Lipinski definition) is 3. The third-order valence-corrected chi connectivity index (χ3v) is 5.46. The lowest BCUT2D eigenvalue weighted by atomic mass is 9.77. The Morgan fingerprint density at radius 1 is 1.04 bits per heavy atom. The van der Waals surface area contributed by atoms with Crippen LogP contribution in [0.5, 0.6) is 0 Å². The first-order valence-electron chi connectivity index (χ1n) is 9.99. The number of carbonyl (C=O) groups is 3.